The minimum atomic E-state index is -0.776. The topological polar surface area (TPSA) is 228 Å². The Morgan fingerprint density at radius 1 is 0.516 bits per heavy atom. The van der Waals surface area contributed by atoms with Gasteiger partial charge in [-0.15, -0.1) is 0 Å². The van der Waals surface area contributed by atoms with Crippen LogP contribution < -0.4 is 40.1 Å². The maximum atomic E-state index is 12.1. The van der Waals surface area contributed by atoms with Crippen LogP contribution in [-0.2, 0) is 46.6 Å². The molecule has 6 N–H and O–H groups in total. The summed E-state index contributed by atoms with van der Waals surface area (Å²) in [7, 11) is 1.40. The van der Waals surface area contributed by atoms with Crippen LogP contribution in [0.4, 0.5) is 9.59 Å². The first-order valence-electron chi connectivity index (χ1n) is 21.1. The molecular formula is C46H74LiN4O11-. The number of benzene rings is 2. The number of nitrogens with one attached hydrogen (secondary N) is 4. The molecule has 0 saturated heterocycles. The van der Waals surface area contributed by atoms with E-state index >= 15 is 0 Å². The molecule has 0 unspecified atom stereocenters. The number of ether oxygens (including phenoxy) is 3. The van der Waals surface area contributed by atoms with Gasteiger partial charge < -0.3 is 53.5 Å². The summed E-state index contributed by atoms with van der Waals surface area (Å²) < 4.78 is 15.0. The Labute approximate surface area is 382 Å². The average Bonchev–Trinajstić information content (AvgIpc) is 3.24. The Balaban J connectivity index is -0.00000107. The van der Waals surface area contributed by atoms with Crippen LogP contribution >= 0.6 is 0 Å². The predicted molar refractivity (Wildman–Crippen MR) is 235 cm³/mol. The molecule has 346 valence electrons. The number of amides is 4. The number of carboxylic acids is 1. The third kappa shape index (κ3) is 32.2. The molecule has 0 spiro atoms. The van der Waals surface area contributed by atoms with E-state index in [1.807, 2.05) is 81.4 Å². The van der Waals surface area contributed by atoms with E-state index in [2.05, 4.69) is 21.3 Å². The standard InChI is InChI=1S/C23H36N2O5.C22H34N2O5.CH3.Li.H2O/c1-18(21(26)24-15-9-8-12-19(2)22(27)29-3)11-7-10-16-25-23(28)30-17-20-13-5-4-6-14-20;1-17(20(25)23-14-8-7-11-18(2)21(26)27)10-6-9-15-24-22(28)29-16-19-12-4-3-5-13-19;;;/h4-6,13-14,18-19H,7-12,15-17H2,1-3H3,(H,24,26)(H,25,28);3-5,12-13,17-18H,6-11,14-16H2,1-2H3,(H,23,25)(H,24,28)(H,26,27);1H3;;1H2/q;;-1;+1;/p-1/t18-,19-;17-,18-;;;/m00.../s1. The van der Waals surface area contributed by atoms with E-state index in [1.54, 1.807) is 6.92 Å². The van der Waals surface area contributed by atoms with Crippen LogP contribution in [0.5, 0.6) is 0 Å². The van der Waals surface area contributed by atoms with Gasteiger partial charge in [0.05, 0.1) is 18.9 Å². The number of alkyl carbamates (subject to hydrolysis) is 2. The van der Waals surface area contributed by atoms with E-state index in [0.29, 0.717) is 32.6 Å². The van der Waals surface area contributed by atoms with Gasteiger partial charge in [0.15, 0.2) is 0 Å². The van der Waals surface area contributed by atoms with E-state index < -0.39 is 18.2 Å². The number of carboxylic acid groups (broad SMARTS) is 1. The third-order valence-electron chi connectivity index (χ3n) is 9.74. The Hall–Kier alpha value is -4.58. The van der Waals surface area contributed by atoms with Crippen molar-refractivity contribution in [3.8, 4) is 0 Å². The van der Waals surface area contributed by atoms with Crippen LogP contribution in [0.2, 0.25) is 0 Å². The SMILES string of the molecule is COC(=O)[C@@H](C)CCCCNC(=O)[C@@H](C)CCCCNC(=O)OCc1ccccc1.C[C@@H](CCCCNC(=O)[C@@H](C)CCCCNC(=O)OCc1ccccc1)C(=O)O.[CH3-].[Li+].[OH-]. The van der Waals surface area contributed by atoms with Gasteiger partial charge in [-0.2, -0.15) is 0 Å². The van der Waals surface area contributed by atoms with Crippen molar-refractivity contribution >= 4 is 35.9 Å². The van der Waals surface area contributed by atoms with E-state index in [-0.39, 0.29) is 86.4 Å². The van der Waals surface area contributed by atoms with Gasteiger partial charge in [-0.25, -0.2) is 9.59 Å². The Bertz CT molecular complexity index is 1490. The summed E-state index contributed by atoms with van der Waals surface area (Å²) in [4.78, 5) is 69.5. The number of methoxy groups -OCH3 is 1. The van der Waals surface area contributed by atoms with Gasteiger partial charge in [-0.05, 0) is 62.5 Å². The monoisotopic (exact) mass is 866 g/mol. The molecule has 0 aliphatic carbocycles. The second kappa shape index (κ2) is 39.3. The molecule has 2 rings (SSSR count). The fourth-order valence-electron chi connectivity index (χ4n) is 5.71. The summed E-state index contributed by atoms with van der Waals surface area (Å²) in [6.07, 6.45) is 8.60. The van der Waals surface area contributed by atoms with Gasteiger partial charge in [0.1, 0.15) is 13.2 Å². The number of esters is 1. The maximum Gasteiger partial charge on any atom is 1.00 e. The molecule has 0 aliphatic rings. The van der Waals surface area contributed by atoms with Crippen molar-refractivity contribution in [1.29, 1.82) is 0 Å². The van der Waals surface area contributed by atoms with Crippen LogP contribution in [0, 0.1) is 31.1 Å². The van der Waals surface area contributed by atoms with Crippen LogP contribution in [0.1, 0.15) is 116 Å². The quantitative estimate of drug-likeness (QED) is 0.0256. The molecule has 0 saturated carbocycles. The predicted octanol–water partition coefficient (Wildman–Crippen LogP) is 4.82. The van der Waals surface area contributed by atoms with E-state index in [4.69, 9.17) is 19.3 Å². The number of aliphatic carboxylic acids is 1. The maximum absolute atomic E-state index is 12.1. The Morgan fingerprint density at radius 3 is 1.18 bits per heavy atom. The summed E-state index contributed by atoms with van der Waals surface area (Å²) in [5.41, 5.74) is 1.89. The van der Waals surface area contributed by atoms with Crippen molar-refractivity contribution in [3.63, 3.8) is 0 Å². The molecule has 0 heterocycles. The first-order valence-corrected chi connectivity index (χ1v) is 21.1. The fourth-order valence-corrected chi connectivity index (χ4v) is 5.71. The summed E-state index contributed by atoms with van der Waals surface area (Å²) in [6.45, 7) is 10.1. The summed E-state index contributed by atoms with van der Waals surface area (Å²) in [5, 5.41) is 20.1. The van der Waals surface area contributed by atoms with Gasteiger partial charge in [0.25, 0.3) is 0 Å². The first kappa shape index (κ1) is 61.7. The van der Waals surface area contributed by atoms with Crippen molar-refractivity contribution in [2.45, 2.75) is 118 Å². The van der Waals surface area contributed by atoms with Gasteiger partial charge >= 0.3 is 43.0 Å². The second-order valence-electron chi connectivity index (χ2n) is 15.0. The summed E-state index contributed by atoms with van der Waals surface area (Å²) in [6, 6.07) is 19.0. The summed E-state index contributed by atoms with van der Waals surface area (Å²) >= 11 is 0. The minimum Gasteiger partial charge on any atom is -0.870 e. The van der Waals surface area contributed by atoms with E-state index in [1.165, 1.54) is 7.11 Å². The number of hydrogen-bond donors (Lipinski definition) is 5. The number of hydrogen-bond acceptors (Lipinski definition) is 10. The smallest absolute Gasteiger partial charge is 0.870 e. The van der Waals surface area contributed by atoms with E-state index in [0.717, 1.165) is 81.8 Å². The van der Waals surface area contributed by atoms with Crippen molar-refractivity contribution in [1.82, 2.24) is 21.3 Å². The number of rotatable bonds is 28. The molecule has 4 atom stereocenters. The molecule has 62 heavy (non-hydrogen) atoms. The van der Waals surface area contributed by atoms with Crippen LogP contribution in [0.25, 0.3) is 0 Å². The molecule has 0 aromatic heterocycles. The van der Waals surface area contributed by atoms with Crippen molar-refractivity contribution in [2.24, 2.45) is 23.7 Å². The summed E-state index contributed by atoms with van der Waals surface area (Å²) in [5.74, 6) is -1.49. The zero-order valence-corrected chi connectivity index (χ0v) is 38.4. The fraction of sp³-hybridized carbons (Fsp3) is 0.587. The Kier molecular flexibility index (Phi) is 39.1. The Morgan fingerprint density at radius 2 is 0.839 bits per heavy atom. The normalized spacial score (nSPS) is 12.0. The molecule has 16 heteroatoms. The molecule has 0 aliphatic heterocycles. The molecule has 0 radical (unpaired) electrons. The van der Waals surface area contributed by atoms with Crippen molar-refractivity contribution in [2.75, 3.05) is 33.3 Å². The largest absolute Gasteiger partial charge is 1.00 e. The molecule has 0 bridgehead atoms. The molecule has 4 amide bonds. The number of carbonyl (C=O) groups excluding carboxylic acids is 5. The number of carbonyl (C=O) groups is 6. The molecular weight excluding hydrogens is 791 g/mol. The van der Waals surface area contributed by atoms with Gasteiger partial charge in [0.2, 0.25) is 11.8 Å². The van der Waals surface area contributed by atoms with Gasteiger partial charge in [0, 0.05) is 38.0 Å². The number of unbranched alkanes of at least 4 members (excludes halogenated alkanes) is 4. The minimum absolute atomic E-state index is 0. The molecule has 2 aromatic rings. The van der Waals surface area contributed by atoms with Crippen LogP contribution in [0.15, 0.2) is 60.7 Å². The van der Waals surface area contributed by atoms with E-state index in [9.17, 15) is 28.8 Å². The first-order chi connectivity index (χ1) is 28.3. The second-order valence-corrected chi connectivity index (χ2v) is 15.0. The van der Waals surface area contributed by atoms with Gasteiger partial charge in [-0.3, -0.25) is 19.2 Å². The van der Waals surface area contributed by atoms with Crippen molar-refractivity contribution in [3.05, 3.63) is 79.2 Å². The molecule has 2 aromatic carbocycles. The van der Waals surface area contributed by atoms with Crippen molar-refractivity contribution < 1.29 is 72.4 Å². The average molecular weight is 866 g/mol. The van der Waals surface area contributed by atoms with Crippen LogP contribution in [-0.4, -0.2) is 79.8 Å². The zero-order chi connectivity index (χ0) is 43.7. The van der Waals surface area contributed by atoms with Gasteiger partial charge in [-0.1, -0.05) is 114 Å². The third-order valence-corrected chi connectivity index (χ3v) is 9.74. The van der Waals surface area contributed by atoms with Crippen LogP contribution in [0.3, 0.4) is 0 Å². The molecule has 15 nitrogen and oxygen atoms in total. The zero-order valence-electron chi connectivity index (χ0n) is 38.4. The molecule has 0 fully saturated rings.